The topological polar surface area (TPSA) is 53.0 Å². The summed E-state index contributed by atoms with van der Waals surface area (Å²) in [6, 6.07) is 2.81. The normalized spacial score (nSPS) is 28.0. The van der Waals surface area contributed by atoms with Crippen LogP contribution < -0.4 is 5.73 Å². The molecule has 0 radical (unpaired) electrons. The van der Waals surface area contributed by atoms with Crippen LogP contribution in [0.1, 0.15) is 39.5 Å². The smallest absolute Gasteiger partial charge is 0.114 e. The van der Waals surface area contributed by atoms with Crippen LogP contribution in [0.5, 0.6) is 0 Å². The van der Waals surface area contributed by atoms with Crippen molar-refractivity contribution in [3.8, 4) is 6.07 Å². The lowest BCUT2D eigenvalue weighted by Crippen LogP contribution is -2.51. The second-order valence-electron chi connectivity index (χ2n) is 4.56. The van der Waals surface area contributed by atoms with E-state index in [9.17, 15) is 0 Å². The molecule has 0 bridgehead atoms. The Kier molecular flexibility index (Phi) is 3.91. The molecule has 2 atom stereocenters. The molecule has 0 amide bonds. The summed E-state index contributed by atoms with van der Waals surface area (Å²) in [5.74, 6) is 0. The van der Waals surface area contributed by atoms with Crippen molar-refractivity contribution in [2.75, 3.05) is 13.1 Å². The first-order chi connectivity index (χ1) is 6.59. The summed E-state index contributed by atoms with van der Waals surface area (Å²) in [5.41, 5.74) is 5.17. The van der Waals surface area contributed by atoms with Gasteiger partial charge in [-0.2, -0.15) is 5.26 Å². The first kappa shape index (κ1) is 11.5. The van der Waals surface area contributed by atoms with Crippen LogP contribution in [0.15, 0.2) is 0 Å². The average molecular weight is 195 g/mol. The minimum absolute atomic E-state index is 0.639. The molecule has 0 spiro atoms. The van der Waals surface area contributed by atoms with Crippen LogP contribution in [0.3, 0.4) is 0 Å². The molecule has 0 aliphatic carbocycles. The van der Waals surface area contributed by atoms with Gasteiger partial charge >= 0.3 is 0 Å². The fraction of sp³-hybridized carbons (Fsp3) is 0.909. The van der Waals surface area contributed by atoms with E-state index in [0.717, 1.165) is 6.54 Å². The van der Waals surface area contributed by atoms with E-state index in [4.69, 9.17) is 11.0 Å². The number of likely N-dealkylation sites (tertiary alicyclic amines) is 1. The van der Waals surface area contributed by atoms with Crippen molar-refractivity contribution in [1.82, 2.24) is 4.90 Å². The Hall–Kier alpha value is -0.590. The van der Waals surface area contributed by atoms with E-state index >= 15 is 0 Å². The van der Waals surface area contributed by atoms with Crippen molar-refractivity contribution >= 4 is 0 Å². The molecular weight excluding hydrogens is 174 g/mol. The van der Waals surface area contributed by atoms with Gasteiger partial charge in [-0.25, -0.2) is 0 Å². The number of nitriles is 1. The maximum absolute atomic E-state index is 8.88. The average Bonchev–Trinajstić information content (AvgIpc) is 2.18. The van der Waals surface area contributed by atoms with Crippen molar-refractivity contribution in [3.63, 3.8) is 0 Å². The zero-order chi connectivity index (χ0) is 10.6. The molecular formula is C11H21N3. The first-order valence-electron chi connectivity index (χ1n) is 5.53. The predicted octanol–water partition coefficient (Wildman–Crippen LogP) is 1.49. The Morgan fingerprint density at radius 3 is 2.86 bits per heavy atom. The quantitative estimate of drug-likeness (QED) is 0.742. The highest BCUT2D eigenvalue weighted by Gasteiger charge is 2.27. The molecule has 0 aromatic rings. The van der Waals surface area contributed by atoms with E-state index in [2.05, 4.69) is 17.9 Å². The van der Waals surface area contributed by atoms with Crippen LogP contribution in [0.2, 0.25) is 0 Å². The lowest BCUT2D eigenvalue weighted by atomic mass is 9.96. The Labute approximate surface area is 86.9 Å². The fourth-order valence-corrected chi connectivity index (χ4v) is 2.19. The summed E-state index contributed by atoms with van der Waals surface area (Å²) in [5, 5.41) is 8.88. The third kappa shape index (κ3) is 2.97. The van der Waals surface area contributed by atoms with Gasteiger partial charge in [-0.05, 0) is 32.7 Å². The minimum Gasteiger partial charge on any atom is -0.313 e. The Morgan fingerprint density at radius 2 is 2.29 bits per heavy atom. The van der Waals surface area contributed by atoms with Crippen molar-refractivity contribution in [3.05, 3.63) is 0 Å². The molecule has 2 unspecified atom stereocenters. The molecule has 1 fully saturated rings. The van der Waals surface area contributed by atoms with Gasteiger partial charge in [0.15, 0.2) is 0 Å². The summed E-state index contributed by atoms with van der Waals surface area (Å²) in [4.78, 5) is 2.38. The molecule has 1 saturated heterocycles. The van der Waals surface area contributed by atoms with E-state index in [1.165, 1.54) is 25.7 Å². The number of piperidine rings is 1. The standard InChI is InChI=1S/C11H21N3/c1-3-10-6-4-5-7-14(10)9-11(2,13)8-12/h10H,3-7,9,13H2,1-2H3. The largest absolute Gasteiger partial charge is 0.313 e. The van der Waals surface area contributed by atoms with Gasteiger partial charge in [0, 0.05) is 12.6 Å². The van der Waals surface area contributed by atoms with E-state index < -0.39 is 5.54 Å². The highest BCUT2D eigenvalue weighted by molar-refractivity contribution is 5.03. The SMILES string of the molecule is CCC1CCCCN1CC(C)(N)C#N. The molecule has 2 N–H and O–H groups in total. The Bertz CT molecular complexity index is 217. The number of hydrogen-bond donors (Lipinski definition) is 1. The number of hydrogen-bond acceptors (Lipinski definition) is 3. The lowest BCUT2D eigenvalue weighted by Gasteiger charge is -2.38. The van der Waals surface area contributed by atoms with Crippen LogP contribution in [0.25, 0.3) is 0 Å². The number of nitrogens with zero attached hydrogens (tertiary/aromatic N) is 2. The van der Waals surface area contributed by atoms with Gasteiger partial charge in [0.1, 0.15) is 5.54 Å². The highest BCUT2D eigenvalue weighted by atomic mass is 15.2. The summed E-state index contributed by atoms with van der Waals surface area (Å²) < 4.78 is 0. The maximum Gasteiger partial charge on any atom is 0.114 e. The predicted molar refractivity (Wildman–Crippen MR) is 57.7 cm³/mol. The van der Waals surface area contributed by atoms with Crippen LogP contribution in [0.4, 0.5) is 0 Å². The van der Waals surface area contributed by atoms with Crippen molar-refractivity contribution in [1.29, 1.82) is 5.26 Å². The first-order valence-corrected chi connectivity index (χ1v) is 5.53. The molecule has 1 rings (SSSR count). The molecule has 1 heterocycles. The molecule has 1 aliphatic rings. The van der Waals surface area contributed by atoms with Gasteiger partial charge < -0.3 is 5.73 Å². The fourth-order valence-electron chi connectivity index (χ4n) is 2.19. The number of nitrogens with two attached hydrogens (primary N) is 1. The zero-order valence-electron chi connectivity index (χ0n) is 9.29. The van der Waals surface area contributed by atoms with Gasteiger partial charge in [0.25, 0.3) is 0 Å². The van der Waals surface area contributed by atoms with Crippen LogP contribution in [-0.4, -0.2) is 29.6 Å². The van der Waals surface area contributed by atoms with Gasteiger partial charge in [-0.15, -0.1) is 0 Å². The summed E-state index contributed by atoms with van der Waals surface area (Å²) in [7, 11) is 0. The van der Waals surface area contributed by atoms with Crippen LogP contribution >= 0.6 is 0 Å². The molecule has 3 heteroatoms. The maximum atomic E-state index is 8.88. The monoisotopic (exact) mass is 195 g/mol. The molecule has 0 aromatic heterocycles. The van der Waals surface area contributed by atoms with E-state index in [1.54, 1.807) is 0 Å². The minimum atomic E-state index is -0.690. The molecule has 3 nitrogen and oxygen atoms in total. The van der Waals surface area contributed by atoms with Crippen molar-refractivity contribution < 1.29 is 0 Å². The third-order valence-corrected chi connectivity index (χ3v) is 3.01. The third-order valence-electron chi connectivity index (χ3n) is 3.01. The van der Waals surface area contributed by atoms with E-state index in [0.29, 0.717) is 12.6 Å². The molecule has 0 aromatic carbocycles. The highest BCUT2D eigenvalue weighted by Crippen LogP contribution is 2.20. The van der Waals surface area contributed by atoms with E-state index in [-0.39, 0.29) is 0 Å². The second kappa shape index (κ2) is 4.77. The lowest BCUT2D eigenvalue weighted by molar-refractivity contribution is 0.127. The molecule has 80 valence electrons. The molecule has 0 saturated carbocycles. The van der Waals surface area contributed by atoms with Crippen molar-refractivity contribution in [2.45, 2.75) is 51.1 Å². The Balaban J connectivity index is 2.53. The van der Waals surface area contributed by atoms with Gasteiger partial charge in [-0.3, -0.25) is 4.90 Å². The Morgan fingerprint density at radius 1 is 1.57 bits per heavy atom. The summed E-state index contributed by atoms with van der Waals surface area (Å²) in [6.07, 6.45) is 5.00. The molecule has 1 aliphatic heterocycles. The van der Waals surface area contributed by atoms with Gasteiger partial charge in [-0.1, -0.05) is 13.3 Å². The summed E-state index contributed by atoms with van der Waals surface area (Å²) in [6.45, 7) is 5.84. The zero-order valence-corrected chi connectivity index (χ0v) is 9.29. The molecule has 14 heavy (non-hydrogen) atoms. The van der Waals surface area contributed by atoms with Crippen molar-refractivity contribution in [2.24, 2.45) is 5.73 Å². The second-order valence-corrected chi connectivity index (χ2v) is 4.56. The van der Waals surface area contributed by atoms with E-state index in [1.807, 2.05) is 6.92 Å². The summed E-state index contributed by atoms with van der Waals surface area (Å²) >= 11 is 0. The van der Waals surface area contributed by atoms with Gasteiger partial charge in [0.2, 0.25) is 0 Å². The van der Waals surface area contributed by atoms with Gasteiger partial charge in [0.05, 0.1) is 6.07 Å². The number of rotatable bonds is 3. The van der Waals surface area contributed by atoms with Crippen LogP contribution in [0, 0.1) is 11.3 Å². The van der Waals surface area contributed by atoms with Crippen LogP contribution in [-0.2, 0) is 0 Å².